The van der Waals surface area contributed by atoms with E-state index in [1.54, 1.807) is 19.0 Å². The van der Waals surface area contributed by atoms with Gasteiger partial charge in [-0.3, -0.25) is 9.59 Å². The Bertz CT molecular complexity index is 568. The summed E-state index contributed by atoms with van der Waals surface area (Å²) in [5.74, 6) is -2.05. The molecule has 1 fully saturated rings. The highest BCUT2D eigenvalue weighted by molar-refractivity contribution is 8.00. The second kappa shape index (κ2) is 6.43. The van der Waals surface area contributed by atoms with Gasteiger partial charge >= 0.3 is 0 Å². The molecule has 1 saturated heterocycles. The van der Waals surface area contributed by atoms with E-state index in [-0.39, 0.29) is 17.6 Å². The van der Waals surface area contributed by atoms with E-state index in [0.29, 0.717) is 17.9 Å². The lowest BCUT2D eigenvalue weighted by Crippen LogP contribution is -2.42. The fraction of sp³-hybridized carbons (Fsp3) is 0.429. The third-order valence-corrected chi connectivity index (χ3v) is 4.49. The van der Waals surface area contributed by atoms with Gasteiger partial charge in [0, 0.05) is 25.5 Å². The highest BCUT2D eigenvalue weighted by Crippen LogP contribution is 2.22. The molecule has 0 N–H and O–H groups in total. The van der Waals surface area contributed by atoms with Crippen LogP contribution in [0, 0.1) is 11.6 Å². The Morgan fingerprint density at radius 2 is 2.14 bits per heavy atom. The number of hydrogen-bond acceptors (Lipinski definition) is 3. The van der Waals surface area contributed by atoms with Gasteiger partial charge in [0.25, 0.3) is 0 Å². The predicted octanol–water partition coefficient (Wildman–Crippen LogP) is 1.75. The maximum atomic E-state index is 13.1. The largest absolute Gasteiger partial charge is 0.344 e. The van der Waals surface area contributed by atoms with Crippen LogP contribution in [0.1, 0.15) is 6.42 Å². The van der Waals surface area contributed by atoms with Crippen molar-refractivity contribution in [2.24, 2.45) is 0 Å². The predicted molar refractivity (Wildman–Crippen MR) is 75.9 cm³/mol. The van der Waals surface area contributed by atoms with E-state index in [0.717, 1.165) is 23.9 Å². The van der Waals surface area contributed by atoms with E-state index in [1.807, 2.05) is 0 Å². The Hall–Kier alpha value is -1.63. The number of rotatable bonds is 4. The topological polar surface area (TPSA) is 40.6 Å². The number of thioether (sulfide) groups is 1. The van der Waals surface area contributed by atoms with Crippen molar-refractivity contribution in [3.8, 4) is 0 Å². The van der Waals surface area contributed by atoms with Crippen LogP contribution >= 0.6 is 11.8 Å². The maximum absolute atomic E-state index is 13.1. The monoisotopic (exact) mass is 314 g/mol. The quantitative estimate of drug-likeness (QED) is 0.795. The number of benzene rings is 1. The van der Waals surface area contributed by atoms with Crippen molar-refractivity contribution in [1.29, 1.82) is 0 Å². The van der Waals surface area contributed by atoms with Crippen LogP contribution in [-0.2, 0) is 9.59 Å². The molecule has 2 rings (SSSR count). The fourth-order valence-corrected chi connectivity index (χ4v) is 3.00. The highest BCUT2D eigenvalue weighted by atomic mass is 32.2. The average Bonchev–Trinajstić information content (AvgIpc) is 2.79. The Morgan fingerprint density at radius 3 is 2.71 bits per heavy atom. The van der Waals surface area contributed by atoms with Crippen LogP contribution < -0.4 is 0 Å². The summed E-state index contributed by atoms with van der Waals surface area (Å²) >= 11 is 1.12. The number of carbonyl (C=O) groups excluding carboxylic acids is 2. The van der Waals surface area contributed by atoms with Gasteiger partial charge in [-0.2, -0.15) is 0 Å². The Kier molecular flexibility index (Phi) is 4.82. The molecule has 2 amide bonds. The second-order valence-electron chi connectivity index (χ2n) is 4.93. The van der Waals surface area contributed by atoms with Crippen molar-refractivity contribution in [2.45, 2.75) is 17.4 Å². The first kappa shape index (κ1) is 15.8. The molecule has 0 spiro atoms. The van der Waals surface area contributed by atoms with Crippen LogP contribution in [0.3, 0.4) is 0 Å². The molecule has 0 radical (unpaired) electrons. The van der Waals surface area contributed by atoms with Crippen LogP contribution in [0.15, 0.2) is 23.1 Å². The van der Waals surface area contributed by atoms with Gasteiger partial charge in [-0.1, -0.05) is 0 Å². The van der Waals surface area contributed by atoms with E-state index >= 15 is 0 Å². The second-order valence-corrected chi connectivity index (χ2v) is 5.98. The number of nitrogens with zero attached hydrogens (tertiary/aromatic N) is 2. The van der Waals surface area contributed by atoms with E-state index in [4.69, 9.17) is 0 Å². The lowest BCUT2D eigenvalue weighted by Gasteiger charge is -2.23. The summed E-state index contributed by atoms with van der Waals surface area (Å²) in [6, 6.07) is 3.08. The molecule has 1 aromatic rings. The van der Waals surface area contributed by atoms with Crippen molar-refractivity contribution in [3.05, 3.63) is 29.8 Å². The molecular weight excluding hydrogens is 298 g/mol. The zero-order valence-electron chi connectivity index (χ0n) is 11.8. The zero-order valence-corrected chi connectivity index (χ0v) is 12.6. The minimum absolute atomic E-state index is 0.0660. The number of likely N-dealkylation sites (N-methyl/N-ethyl adjacent to an activating group) is 2. The summed E-state index contributed by atoms with van der Waals surface area (Å²) in [7, 11) is 3.30. The summed E-state index contributed by atoms with van der Waals surface area (Å²) in [6.07, 6.45) is 0.618. The lowest BCUT2D eigenvalue weighted by atomic mass is 10.2. The Morgan fingerprint density at radius 1 is 1.43 bits per heavy atom. The lowest BCUT2D eigenvalue weighted by molar-refractivity contribution is -0.138. The minimum Gasteiger partial charge on any atom is -0.344 e. The molecule has 114 valence electrons. The molecule has 1 aliphatic heterocycles. The first-order chi connectivity index (χ1) is 9.90. The van der Waals surface area contributed by atoms with Gasteiger partial charge in [0.05, 0.1) is 5.75 Å². The van der Waals surface area contributed by atoms with Gasteiger partial charge in [-0.05, 0) is 24.6 Å². The highest BCUT2D eigenvalue weighted by Gasteiger charge is 2.34. The summed E-state index contributed by atoms with van der Waals surface area (Å²) in [6.45, 7) is 0.636. The smallest absolute Gasteiger partial charge is 0.245 e. The number of halogens is 2. The molecule has 0 unspecified atom stereocenters. The first-order valence-electron chi connectivity index (χ1n) is 6.48. The average molecular weight is 314 g/mol. The van der Waals surface area contributed by atoms with Gasteiger partial charge in [0.15, 0.2) is 11.6 Å². The van der Waals surface area contributed by atoms with E-state index in [2.05, 4.69) is 0 Å². The van der Waals surface area contributed by atoms with Crippen LogP contribution in [0.25, 0.3) is 0 Å². The summed E-state index contributed by atoms with van der Waals surface area (Å²) in [5.41, 5.74) is 0. The molecular formula is C14H16F2N2O2S. The van der Waals surface area contributed by atoms with Crippen molar-refractivity contribution in [1.82, 2.24) is 9.80 Å². The third kappa shape index (κ3) is 3.53. The molecule has 0 aliphatic carbocycles. The molecule has 1 heterocycles. The molecule has 1 aromatic carbocycles. The van der Waals surface area contributed by atoms with Crippen molar-refractivity contribution in [2.75, 3.05) is 26.4 Å². The minimum atomic E-state index is -0.937. The Labute approximate surface area is 126 Å². The summed E-state index contributed by atoms with van der Waals surface area (Å²) < 4.78 is 25.9. The van der Waals surface area contributed by atoms with Crippen molar-refractivity contribution < 1.29 is 18.4 Å². The van der Waals surface area contributed by atoms with Crippen molar-refractivity contribution >= 4 is 23.6 Å². The number of carbonyl (C=O) groups is 2. The van der Waals surface area contributed by atoms with Gasteiger partial charge in [0.1, 0.15) is 6.04 Å². The fourth-order valence-electron chi connectivity index (χ4n) is 2.15. The SMILES string of the molecule is CN1CC[C@@H](N(C)C(=O)CSc2ccc(F)c(F)c2)C1=O. The first-order valence-corrected chi connectivity index (χ1v) is 7.47. The standard InChI is InChI=1S/C14H16F2N2O2S/c1-17-6-5-12(14(17)20)18(2)13(19)8-21-9-3-4-10(15)11(16)7-9/h3-4,7,12H,5-6,8H2,1-2H3/t12-/m1/s1. The summed E-state index contributed by atoms with van der Waals surface area (Å²) in [4.78, 5) is 27.4. The van der Waals surface area contributed by atoms with Crippen LogP contribution in [-0.4, -0.2) is 54.0 Å². The third-order valence-electron chi connectivity index (χ3n) is 3.51. The van der Waals surface area contributed by atoms with Crippen LogP contribution in [0.4, 0.5) is 8.78 Å². The number of amides is 2. The van der Waals surface area contributed by atoms with E-state index < -0.39 is 17.7 Å². The maximum Gasteiger partial charge on any atom is 0.245 e. The van der Waals surface area contributed by atoms with Crippen LogP contribution in [0.5, 0.6) is 0 Å². The molecule has 1 atom stereocenters. The van der Waals surface area contributed by atoms with E-state index in [9.17, 15) is 18.4 Å². The molecule has 7 heteroatoms. The molecule has 1 aliphatic rings. The molecule has 21 heavy (non-hydrogen) atoms. The van der Waals surface area contributed by atoms with Crippen molar-refractivity contribution in [3.63, 3.8) is 0 Å². The van der Waals surface area contributed by atoms with Crippen LogP contribution in [0.2, 0.25) is 0 Å². The summed E-state index contributed by atoms with van der Waals surface area (Å²) in [5, 5.41) is 0. The molecule has 4 nitrogen and oxygen atoms in total. The molecule has 0 aromatic heterocycles. The number of likely N-dealkylation sites (tertiary alicyclic amines) is 1. The zero-order chi connectivity index (χ0) is 15.6. The van der Waals surface area contributed by atoms with E-state index in [1.165, 1.54) is 11.0 Å². The van der Waals surface area contributed by atoms with Gasteiger partial charge in [-0.25, -0.2) is 8.78 Å². The van der Waals surface area contributed by atoms with Gasteiger partial charge in [0.2, 0.25) is 11.8 Å². The Balaban J connectivity index is 1.92. The normalized spacial score (nSPS) is 18.2. The van der Waals surface area contributed by atoms with Gasteiger partial charge < -0.3 is 9.80 Å². The van der Waals surface area contributed by atoms with Gasteiger partial charge in [-0.15, -0.1) is 11.8 Å². The molecule has 0 saturated carbocycles. The molecule has 0 bridgehead atoms. The number of hydrogen-bond donors (Lipinski definition) is 0.